The van der Waals surface area contributed by atoms with E-state index < -0.39 is 0 Å². The summed E-state index contributed by atoms with van der Waals surface area (Å²) in [5.41, 5.74) is 2.60. The minimum absolute atomic E-state index is 0.610. The molecular formula is C13H22N4. The fourth-order valence-electron chi connectivity index (χ4n) is 2.64. The average molecular weight is 234 g/mol. The van der Waals surface area contributed by atoms with Crippen LogP contribution >= 0.6 is 0 Å². The Morgan fingerprint density at radius 3 is 2.94 bits per heavy atom. The molecule has 2 unspecified atom stereocenters. The fourth-order valence-corrected chi connectivity index (χ4v) is 2.64. The summed E-state index contributed by atoms with van der Waals surface area (Å²) in [6, 6.07) is 6.51. The predicted molar refractivity (Wildman–Crippen MR) is 71.9 cm³/mol. The Kier molecular flexibility index (Phi) is 3.84. The highest BCUT2D eigenvalue weighted by molar-refractivity contribution is 5.46. The molecule has 0 aliphatic heterocycles. The number of nitrogens with zero attached hydrogens (tertiary/aromatic N) is 2. The fraction of sp³-hybridized carbons (Fsp3) is 0.615. The SMILES string of the molecule is CC1CCCC(N(C)c2cccc(NN)n2)C1. The van der Waals surface area contributed by atoms with Gasteiger partial charge in [-0.2, -0.15) is 0 Å². The lowest BCUT2D eigenvalue weighted by Gasteiger charge is -2.35. The second-order valence-corrected chi connectivity index (χ2v) is 5.06. The third-order valence-electron chi connectivity index (χ3n) is 3.70. The summed E-state index contributed by atoms with van der Waals surface area (Å²) in [6.45, 7) is 2.34. The summed E-state index contributed by atoms with van der Waals surface area (Å²) in [5, 5.41) is 0. The second-order valence-electron chi connectivity index (χ2n) is 5.06. The van der Waals surface area contributed by atoms with E-state index in [1.807, 2.05) is 18.2 Å². The van der Waals surface area contributed by atoms with Gasteiger partial charge in [0.2, 0.25) is 0 Å². The lowest BCUT2D eigenvalue weighted by molar-refractivity contribution is 0.335. The summed E-state index contributed by atoms with van der Waals surface area (Å²) in [6.07, 6.45) is 5.22. The lowest BCUT2D eigenvalue weighted by atomic mass is 9.86. The number of nitrogen functional groups attached to an aromatic ring is 1. The van der Waals surface area contributed by atoms with E-state index in [9.17, 15) is 0 Å². The first-order chi connectivity index (χ1) is 8.20. The molecule has 0 saturated heterocycles. The van der Waals surface area contributed by atoms with Gasteiger partial charge in [-0.1, -0.05) is 25.8 Å². The molecule has 17 heavy (non-hydrogen) atoms. The third kappa shape index (κ3) is 2.88. The highest BCUT2D eigenvalue weighted by Gasteiger charge is 2.23. The van der Waals surface area contributed by atoms with E-state index >= 15 is 0 Å². The maximum atomic E-state index is 5.39. The van der Waals surface area contributed by atoms with Crippen molar-refractivity contribution >= 4 is 11.6 Å². The van der Waals surface area contributed by atoms with Crippen LogP contribution in [0.5, 0.6) is 0 Å². The Hall–Kier alpha value is -1.29. The number of anilines is 2. The first-order valence-electron chi connectivity index (χ1n) is 6.37. The average Bonchev–Trinajstić information content (AvgIpc) is 2.38. The molecule has 4 nitrogen and oxygen atoms in total. The molecule has 1 heterocycles. The zero-order chi connectivity index (χ0) is 12.3. The molecule has 1 aromatic rings. The number of nitrogens with one attached hydrogen (secondary N) is 1. The minimum Gasteiger partial charge on any atom is -0.357 e. The Bertz CT molecular complexity index is 366. The maximum absolute atomic E-state index is 5.39. The van der Waals surface area contributed by atoms with Crippen molar-refractivity contribution < 1.29 is 0 Å². The first kappa shape index (κ1) is 12.2. The largest absolute Gasteiger partial charge is 0.357 e. The Labute approximate surface area is 103 Å². The van der Waals surface area contributed by atoms with Crippen molar-refractivity contribution in [3.63, 3.8) is 0 Å². The molecule has 0 spiro atoms. The number of hydrogen-bond donors (Lipinski definition) is 2. The Balaban J connectivity index is 2.09. The zero-order valence-electron chi connectivity index (χ0n) is 10.7. The van der Waals surface area contributed by atoms with E-state index in [-0.39, 0.29) is 0 Å². The van der Waals surface area contributed by atoms with Gasteiger partial charge in [0.1, 0.15) is 11.6 Å². The number of aromatic nitrogens is 1. The number of rotatable bonds is 3. The van der Waals surface area contributed by atoms with Crippen LogP contribution in [0.1, 0.15) is 32.6 Å². The molecular weight excluding hydrogens is 212 g/mol. The molecule has 94 valence electrons. The Morgan fingerprint density at radius 1 is 1.41 bits per heavy atom. The van der Waals surface area contributed by atoms with Crippen molar-refractivity contribution in [2.24, 2.45) is 11.8 Å². The minimum atomic E-state index is 0.610. The van der Waals surface area contributed by atoms with Gasteiger partial charge in [0.05, 0.1) is 0 Å². The lowest BCUT2D eigenvalue weighted by Crippen LogP contribution is -2.36. The Morgan fingerprint density at radius 2 is 2.24 bits per heavy atom. The molecule has 1 aliphatic rings. The van der Waals surface area contributed by atoms with Crippen molar-refractivity contribution in [2.75, 3.05) is 17.4 Å². The van der Waals surface area contributed by atoms with Gasteiger partial charge in [-0.05, 0) is 30.9 Å². The highest BCUT2D eigenvalue weighted by atomic mass is 15.3. The summed E-state index contributed by atoms with van der Waals surface area (Å²) in [4.78, 5) is 6.77. The van der Waals surface area contributed by atoms with Gasteiger partial charge in [-0.3, -0.25) is 0 Å². The number of pyridine rings is 1. The van der Waals surface area contributed by atoms with Crippen molar-refractivity contribution in [3.8, 4) is 0 Å². The molecule has 3 N–H and O–H groups in total. The van der Waals surface area contributed by atoms with Crippen molar-refractivity contribution in [1.29, 1.82) is 0 Å². The summed E-state index contributed by atoms with van der Waals surface area (Å²) < 4.78 is 0. The van der Waals surface area contributed by atoms with Crippen LogP contribution in [0.2, 0.25) is 0 Å². The van der Waals surface area contributed by atoms with Crippen LogP contribution < -0.4 is 16.2 Å². The molecule has 4 heteroatoms. The number of hydrazine groups is 1. The van der Waals surface area contributed by atoms with Crippen molar-refractivity contribution in [1.82, 2.24) is 4.98 Å². The highest BCUT2D eigenvalue weighted by Crippen LogP contribution is 2.29. The molecule has 1 aliphatic carbocycles. The van der Waals surface area contributed by atoms with E-state index in [2.05, 4.69) is 29.3 Å². The summed E-state index contributed by atoms with van der Waals surface area (Å²) in [5.74, 6) is 7.93. The predicted octanol–water partition coefficient (Wildman–Crippen LogP) is 2.38. The van der Waals surface area contributed by atoms with Crippen molar-refractivity contribution in [3.05, 3.63) is 18.2 Å². The van der Waals surface area contributed by atoms with Crippen LogP contribution in [0.15, 0.2) is 18.2 Å². The molecule has 1 fully saturated rings. The second kappa shape index (κ2) is 5.36. The molecule has 2 atom stereocenters. The van der Waals surface area contributed by atoms with Gasteiger partial charge in [0.15, 0.2) is 0 Å². The molecule has 0 aromatic carbocycles. The van der Waals surface area contributed by atoms with E-state index in [0.29, 0.717) is 6.04 Å². The number of hydrogen-bond acceptors (Lipinski definition) is 4. The smallest absolute Gasteiger partial charge is 0.142 e. The van der Waals surface area contributed by atoms with E-state index in [0.717, 1.165) is 17.6 Å². The topological polar surface area (TPSA) is 54.2 Å². The van der Waals surface area contributed by atoms with Gasteiger partial charge in [0.25, 0.3) is 0 Å². The van der Waals surface area contributed by atoms with Crippen LogP contribution in [0.4, 0.5) is 11.6 Å². The van der Waals surface area contributed by atoms with Gasteiger partial charge < -0.3 is 10.3 Å². The molecule has 0 amide bonds. The molecule has 0 radical (unpaired) electrons. The van der Waals surface area contributed by atoms with Gasteiger partial charge in [-0.25, -0.2) is 10.8 Å². The van der Waals surface area contributed by atoms with Gasteiger partial charge >= 0.3 is 0 Å². The monoisotopic (exact) mass is 234 g/mol. The van der Waals surface area contributed by atoms with Crippen LogP contribution in [0.3, 0.4) is 0 Å². The van der Waals surface area contributed by atoms with E-state index in [1.54, 1.807) is 0 Å². The molecule has 1 saturated carbocycles. The van der Waals surface area contributed by atoms with Crippen LogP contribution in [-0.4, -0.2) is 18.1 Å². The molecule has 0 bridgehead atoms. The number of nitrogens with two attached hydrogens (primary N) is 1. The van der Waals surface area contributed by atoms with Gasteiger partial charge in [0, 0.05) is 13.1 Å². The van der Waals surface area contributed by atoms with E-state index in [1.165, 1.54) is 25.7 Å². The normalized spacial score (nSPS) is 24.4. The quantitative estimate of drug-likeness (QED) is 0.623. The van der Waals surface area contributed by atoms with Crippen LogP contribution in [-0.2, 0) is 0 Å². The summed E-state index contributed by atoms with van der Waals surface area (Å²) in [7, 11) is 2.13. The van der Waals surface area contributed by atoms with Gasteiger partial charge in [-0.15, -0.1) is 0 Å². The van der Waals surface area contributed by atoms with E-state index in [4.69, 9.17) is 5.84 Å². The summed E-state index contributed by atoms with van der Waals surface area (Å²) >= 11 is 0. The van der Waals surface area contributed by atoms with Crippen LogP contribution in [0, 0.1) is 5.92 Å². The van der Waals surface area contributed by atoms with Crippen LogP contribution in [0.25, 0.3) is 0 Å². The standard InChI is InChI=1S/C13H22N4/c1-10-5-3-6-11(9-10)17(2)13-8-4-7-12(15-13)16-14/h4,7-8,10-11H,3,5-6,9,14H2,1-2H3,(H,15,16). The zero-order valence-corrected chi connectivity index (χ0v) is 10.7. The molecule has 2 rings (SSSR count). The maximum Gasteiger partial charge on any atom is 0.142 e. The van der Waals surface area contributed by atoms with Crippen molar-refractivity contribution in [2.45, 2.75) is 38.6 Å². The molecule has 1 aromatic heterocycles. The third-order valence-corrected chi connectivity index (χ3v) is 3.70. The first-order valence-corrected chi connectivity index (χ1v) is 6.37.